The first-order valence-electron chi connectivity index (χ1n) is 14.5. The molecule has 1 aliphatic rings. The van der Waals surface area contributed by atoms with Crippen LogP contribution in [-0.2, 0) is 32.6 Å². The zero-order chi connectivity index (χ0) is 30.1. The van der Waals surface area contributed by atoms with Crippen LogP contribution in [-0.4, -0.2) is 50.0 Å². The number of nitrogens with zero attached hydrogens (tertiary/aromatic N) is 2. The molecule has 0 heterocycles. The SMILES string of the molecule is Cc1ccc(N(CCCC(=O)N(Cc2ccc(Br)cc2)[C@H](Cc2ccccc2)C(=O)NC2CCCC2)S(C)(=O)=O)cc1. The predicted molar refractivity (Wildman–Crippen MR) is 172 cm³/mol. The van der Waals surface area contributed by atoms with Crippen LogP contribution >= 0.6 is 15.9 Å². The molecule has 0 radical (unpaired) electrons. The Bertz CT molecular complexity index is 1420. The van der Waals surface area contributed by atoms with E-state index in [0.717, 1.165) is 46.8 Å². The average Bonchev–Trinajstić information content (AvgIpc) is 3.47. The van der Waals surface area contributed by atoms with Crippen LogP contribution in [0.3, 0.4) is 0 Å². The van der Waals surface area contributed by atoms with Crippen molar-refractivity contribution in [1.29, 1.82) is 0 Å². The molecule has 7 nitrogen and oxygen atoms in total. The lowest BCUT2D eigenvalue weighted by Gasteiger charge is -2.33. The van der Waals surface area contributed by atoms with Gasteiger partial charge in [0.1, 0.15) is 6.04 Å². The lowest BCUT2D eigenvalue weighted by atomic mass is 10.0. The van der Waals surface area contributed by atoms with E-state index in [1.54, 1.807) is 17.0 Å². The Labute approximate surface area is 258 Å². The summed E-state index contributed by atoms with van der Waals surface area (Å²) in [6, 6.07) is 24.2. The molecule has 42 heavy (non-hydrogen) atoms. The van der Waals surface area contributed by atoms with E-state index in [2.05, 4.69) is 21.2 Å². The van der Waals surface area contributed by atoms with Gasteiger partial charge < -0.3 is 10.2 Å². The van der Waals surface area contributed by atoms with Gasteiger partial charge in [0.15, 0.2) is 0 Å². The Balaban J connectivity index is 1.57. The largest absolute Gasteiger partial charge is 0.352 e. The number of amides is 2. The summed E-state index contributed by atoms with van der Waals surface area (Å²) in [6.07, 6.45) is 6.07. The fraction of sp³-hybridized carbons (Fsp3) is 0.394. The first-order chi connectivity index (χ1) is 20.1. The molecule has 1 aliphatic carbocycles. The van der Waals surface area contributed by atoms with Crippen molar-refractivity contribution in [2.45, 2.75) is 70.5 Å². The summed E-state index contributed by atoms with van der Waals surface area (Å²) in [7, 11) is -3.55. The van der Waals surface area contributed by atoms with Gasteiger partial charge in [0.2, 0.25) is 21.8 Å². The van der Waals surface area contributed by atoms with E-state index in [-0.39, 0.29) is 37.4 Å². The molecule has 0 aliphatic heterocycles. The van der Waals surface area contributed by atoms with E-state index in [1.165, 1.54) is 10.6 Å². The first kappa shape index (κ1) is 31.8. The molecule has 3 aromatic rings. The Morgan fingerprint density at radius 3 is 2.19 bits per heavy atom. The zero-order valence-corrected chi connectivity index (χ0v) is 26.7. The van der Waals surface area contributed by atoms with Crippen molar-refractivity contribution >= 4 is 43.5 Å². The van der Waals surface area contributed by atoms with Gasteiger partial charge in [-0.05, 0) is 61.6 Å². The Morgan fingerprint density at radius 2 is 1.57 bits per heavy atom. The lowest BCUT2D eigenvalue weighted by Crippen LogP contribution is -2.52. The highest BCUT2D eigenvalue weighted by Crippen LogP contribution is 2.23. The molecule has 0 saturated heterocycles. The Hall–Kier alpha value is -3.17. The molecule has 0 aromatic heterocycles. The van der Waals surface area contributed by atoms with Crippen molar-refractivity contribution in [3.8, 4) is 0 Å². The van der Waals surface area contributed by atoms with Crippen LogP contribution in [0.2, 0.25) is 0 Å². The van der Waals surface area contributed by atoms with Crippen molar-refractivity contribution in [2.24, 2.45) is 0 Å². The maximum absolute atomic E-state index is 14.0. The van der Waals surface area contributed by atoms with E-state index < -0.39 is 16.1 Å². The van der Waals surface area contributed by atoms with Gasteiger partial charge in [0.25, 0.3) is 0 Å². The lowest BCUT2D eigenvalue weighted by molar-refractivity contribution is -0.141. The van der Waals surface area contributed by atoms with Crippen molar-refractivity contribution in [3.05, 3.63) is 100 Å². The van der Waals surface area contributed by atoms with Gasteiger partial charge in [0.05, 0.1) is 11.9 Å². The number of hydrogen-bond acceptors (Lipinski definition) is 4. The van der Waals surface area contributed by atoms with E-state index in [0.29, 0.717) is 18.5 Å². The molecule has 1 fully saturated rings. The van der Waals surface area contributed by atoms with Crippen molar-refractivity contribution in [1.82, 2.24) is 10.2 Å². The van der Waals surface area contributed by atoms with Crippen LogP contribution in [0, 0.1) is 6.92 Å². The average molecular weight is 655 g/mol. The third-order valence-corrected chi connectivity index (χ3v) is 9.44. The van der Waals surface area contributed by atoms with E-state index in [9.17, 15) is 18.0 Å². The van der Waals surface area contributed by atoms with E-state index in [4.69, 9.17) is 0 Å². The van der Waals surface area contributed by atoms with Gasteiger partial charge in [-0.1, -0.05) is 88.9 Å². The number of anilines is 1. The van der Waals surface area contributed by atoms with Gasteiger partial charge in [-0.3, -0.25) is 13.9 Å². The molecule has 1 N–H and O–H groups in total. The molecule has 224 valence electrons. The minimum atomic E-state index is -3.55. The third kappa shape index (κ3) is 9.16. The molecule has 0 spiro atoms. The van der Waals surface area contributed by atoms with Crippen LogP contribution in [0.25, 0.3) is 0 Å². The zero-order valence-electron chi connectivity index (χ0n) is 24.3. The second-order valence-electron chi connectivity index (χ2n) is 11.1. The summed E-state index contributed by atoms with van der Waals surface area (Å²) >= 11 is 3.47. The molecule has 1 saturated carbocycles. The van der Waals surface area contributed by atoms with Gasteiger partial charge in [-0.2, -0.15) is 0 Å². The molecular formula is C33H40BrN3O4S. The van der Waals surface area contributed by atoms with Crippen LogP contribution in [0.1, 0.15) is 55.2 Å². The molecule has 3 aromatic carbocycles. The number of carbonyl (C=O) groups is 2. The molecule has 0 unspecified atom stereocenters. The summed E-state index contributed by atoms with van der Waals surface area (Å²) in [5, 5.41) is 3.22. The summed E-state index contributed by atoms with van der Waals surface area (Å²) in [5.41, 5.74) is 3.49. The monoisotopic (exact) mass is 653 g/mol. The van der Waals surface area contributed by atoms with Crippen molar-refractivity contribution in [2.75, 3.05) is 17.1 Å². The first-order valence-corrected chi connectivity index (χ1v) is 17.2. The number of aryl methyl sites for hydroxylation is 1. The topological polar surface area (TPSA) is 86.8 Å². The maximum Gasteiger partial charge on any atom is 0.243 e. The Morgan fingerprint density at radius 1 is 0.929 bits per heavy atom. The van der Waals surface area contributed by atoms with Gasteiger partial charge in [-0.15, -0.1) is 0 Å². The van der Waals surface area contributed by atoms with Gasteiger partial charge in [-0.25, -0.2) is 8.42 Å². The summed E-state index contributed by atoms with van der Waals surface area (Å²) < 4.78 is 27.5. The number of benzene rings is 3. The molecule has 1 atom stereocenters. The molecule has 2 amide bonds. The number of nitrogens with one attached hydrogen (secondary N) is 1. The van der Waals surface area contributed by atoms with Crippen LogP contribution in [0.5, 0.6) is 0 Å². The number of rotatable bonds is 13. The van der Waals surface area contributed by atoms with Gasteiger partial charge in [0, 0.05) is 36.4 Å². The standard InChI is InChI=1S/C33H40BrN3O4S/c1-25-14-20-30(21-15-25)37(42(2,40)41)22-8-13-32(38)36(24-27-16-18-28(34)19-17-27)31(23-26-9-4-3-5-10-26)33(39)35-29-11-6-7-12-29/h3-5,9-10,14-21,29,31H,6-8,11-13,22-24H2,1-2H3,(H,35,39)/t31-/m1/s1. The normalized spacial score (nSPS) is 14.4. The highest BCUT2D eigenvalue weighted by Gasteiger charge is 2.32. The van der Waals surface area contributed by atoms with E-state index in [1.807, 2.05) is 73.7 Å². The number of halogens is 1. The highest BCUT2D eigenvalue weighted by atomic mass is 79.9. The summed E-state index contributed by atoms with van der Waals surface area (Å²) in [6.45, 7) is 2.38. The number of sulfonamides is 1. The van der Waals surface area contributed by atoms with Crippen molar-refractivity contribution in [3.63, 3.8) is 0 Å². The minimum absolute atomic E-state index is 0.108. The quantitative estimate of drug-likeness (QED) is 0.245. The highest BCUT2D eigenvalue weighted by molar-refractivity contribution is 9.10. The smallest absolute Gasteiger partial charge is 0.243 e. The second kappa shape index (κ2) is 14.8. The number of hydrogen-bond donors (Lipinski definition) is 1. The Kier molecular flexibility index (Phi) is 11.2. The van der Waals surface area contributed by atoms with Crippen LogP contribution in [0.4, 0.5) is 5.69 Å². The summed E-state index contributed by atoms with van der Waals surface area (Å²) in [5.74, 6) is -0.327. The predicted octanol–water partition coefficient (Wildman–Crippen LogP) is 6.00. The molecule has 4 rings (SSSR count). The van der Waals surface area contributed by atoms with Gasteiger partial charge >= 0.3 is 0 Å². The van der Waals surface area contributed by atoms with Crippen molar-refractivity contribution < 1.29 is 18.0 Å². The van der Waals surface area contributed by atoms with Crippen LogP contribution in [0.15, 0.2) is 83.3 Å². The molecule has 9 heteroatoms. The third-order valence-electron chi connectivity index (χ3n) is 7.71. The summed E-state index contributed by atoms with van der Waals surface area (Å²) in [4.78, 5) is 29.5. The molecular weight excluding hydrogens is 614 g/mol. The minimum Gasteiger partial charge on any atom is -0.352 e. The fourth-order valence-electron chi connectivity index (χ4n) is 5.42. The number of carbonyl (C=O) groups excluding carboxylic acids is 2. The maximum atomic E-state index is 14.0. The van der Waals surface area contributed by atoms with E-state index >= 15 is 0 Å². The van der Waals surface area contributed by atoms with Crippen LogP contribution < -0.4 is 9.62 Å². The fourth-order valence-corrected chi connectivity index (χ4v) is 6.65. The molecule has 0 bridgehead atoms. The second-order valence-corrected chi connectivity index (χ2v) is 13.9.